The van der Waals surface area contributed by atoms with Crippen LogP contribution in [0.15, 0.2) is 302 Å². The van der Waals surface area contributed by atoms with Crippen molar-refractivity contribution in [2.24, 2.45) is 0 Å². The van der Waals surface area contributed by atoms with Gasteiger partial charge in [-0.05, 0) is 164 Å². The van der Waals surface area contributed by atoms with E-state index >= 15 is 0 Å². The highest BCUT2D eigenvalue weighted by Crippen LogP contribution is 2.46. The van der Waals surface area contributed by atoms with Gasteiger partial charge in [-0.3, -0.25) is 0 Å². The summed E-state index contributed by atoms with van der Waals surface area (Å²) in [6.45, 7) is 0. The third-order valence-corrected chi connectivity index (χ3v) is 15.5. The van der Waals surface area contributed by atoms with E-state index in [2.05, 4.69) is 306 Å². The molecular formula is C74H49N3O. The van der Waals surface area contributed by atoms with Crippen LogP contribution in [0.3, 0.4) is 0 Å². The summed E-state index contributed by atoms with van der Waals surface area (Å²) in [6, 6.07) is 108. The van der Waals surface area contributed by atoms with Gasteiger partial charge in [0.2, 0.25) is 0 Å². The van der Waals surface area contributed by atoms with Crippen LogP contribution >= 0.6 is 0 Å². The van der Waals surface area contributed by atoms with Crippen molar-refractivity contribution in [3.63, 3.8) is 0 Å². The van der Waals surface area contributed by atoms with E-state index in [4.69, 9.17) is 4.42 Å². The standard InChI is InChI=1S/C74H49N3O/c1-4-16-50(17-5-1)53-30-35-61(36-31-53)75(62-37-32-54(33-38-62)51-18-6-2-7-19-51)65-44-59(56-28-29-57-47-72-70(46-58(57)42-56)67-24-12-14-26-71(67)77(72)60-22-8-3-9-23-60)45-66(48-65)76(63-39-34-52-20-10-11-21-55(52)43-63)64-40-41-69-68-25-13-15-27-73(68)78-74(69)49-64/h1-49H. The molecule has 0 bridgehead atoms. The van der Waals surface area contributed by atoms with Crippen LogP contribution in [0.25, 0.3) is 104 Å². The van der Waals surface area contributed by atoms with Gasteiger partial charge in [-0.2, -0.15) is 0 Å². The van der Waals surface area contributed by atoms with Gasteiger partial charge in [0, 0.05) is 67.4 Å². The van der Waals surface area contributed by atoms with Crippen LogP contribution in [0.2, 0.25) is 0 Å². The molecule has 15 rings (SSSR count). The Bertz CT molecular complexity index is 4630. The van der Waals surface area contributed by atoms with Crippen molar-refractivity contribution in [2.75, 3.05) is 9.80 Å². The first-order valence-electron chi connectivity index (χ1n) is 26.6. The van der Waals surface area contributed by atoms with Gasteiger partial charge in [-0.25, -0.2) is 0 Å². The van der Waals surface area contributed by atoms with Crippen LogP contribution in [-0.4, -0.2) is 4.57 Å². The quantitative estimate of drug-likeness (QED) is 0.136. The number of anilines is 6. The van der Waals surface area contributed by atoms with Crippen LogP contribution in [0.1, 0.15) is 0 Å². The summed E-state index contributed by atoms with van der Waals surface area (Å²) in [6.07, 6.45) is 0. The molecule has 2 heterocycles. The fourth-order valence-electron chi connectivity index (χ4n) is 11.7. The molecule has 0 aliphatic heterocycles. The smallest absolute Gasteiger partial charge is 0.137 e. The number of nitrogens with zero attached hydrogens (tertiary/aromatic N) is 3. The van der Waals surface area contributed by atoms with E-state index in [1.165, 1.54) is 49.1 Å². The predicted octanol–water partition coefficient (Wildman–Crippen LogP) is 20.9. The molecule has 13 aromatic carbocycles. The van der Waals surface area contributed by atoms with E-state index in [9.17, 15) is 0 Å². The summed E-state index contributed by atoms with van der Waals surface area (Å²) in [4.78, 5) is 4.80. The van der Waals surface area contributed by atoms with E-state index in [-0.39, 0.29) is 0 Å². The van der Waals surface area contributed by atoms with Gasteiger partial charge in [0.25, 0.3) is 0 Å². The minimum Gasteiger partial charge on any atom is -0.456 e. The van der Waals surface area contributed by atoms with Gasteiger partial charge < -0.3 is 18.8 Å². The number of benzene rings is 13. The molecule has 0 spiro atoms. The van der Waals surface area contributed by atoms with Crippen LogP contribution < -0.4 is 9.80 Å². The molecular weight excluding hydrogens is 947 g/mol. The lowest BCUT2D eigenvalue weighted by molar-refractivity contribution is 0.669. The zero-order chi connectivity index (χ0) is 51.5. The molecule has 0 saturated carbocycles. The zero-order valence-electron chi connectivity index (χ0n) is 42.5. The molecule has 0 radical (unpaired) electrons. The van der Waals surface area contributed by atoms with Gasteiger partial charge >= 0.3 is 0 Å². The lowest BCUT2D eigenvalue weighted by atomic mass is 9.97. The van der Waals surface area contributed by atoms with E-state index < -0.39 is 0 Å². The van der Waals surface area contributed by atoms with Crippen LogP contribution in [-0.2, 0) is 0 Å². The maximum Gasteiger partial charge on any atom is 0.137 e. The molecule has 4 nitrogen and oxygen atoms in total. The first-order valence-corrected chi connectivity index (χ1v) is 26.6. The topological polar surface area (TPSA) is 24.6 Å². The van der Waals surface area contributed by atoms with Crippen molar-refractivity contribution < 1.29 is 4.42 Å². The van der Waals surface area contributed by atoms with Gasteiger partial charge in [0.1, 0.15) is 11.2 Å². The third-order valence-electron chi connectivity index (χ3n) is 15.5. The lowest BCUT2D eigenvalue weighted by Gasteiger charge is -2.30. The number of para-hydroxylation sites is 3. The third kappa shape index (κ3) is 7.94. The molecule has 78 heavy (non-hydrogen) atoms. The van der Waals surface area contributed by atoms with Gasteiger partial charge in [-0.1, -0.05) is 182 Å². The summed E-state index contributed by atoms with van der Waals surface area (Å²) in [5.41, 5.74) is 18.2. The molecule has 4 heteroatoms. The van der Waals surface area contributed by atoms with E-state index in [1.54, 1.807) is 0 Å². The minimum atomic E-state index is 0.837. The fraction of sp³-hybridized carbons (Fsp3) is 0. The molecule has 0 N–H and O–H groups in total. The average Bonchev–Trinajstić information content (AvgIpc) is 4.06. The number of rotatable bonds is 10. The van der Waals surface area contributed by atoms with Crippen molar-refractivity contribution >= 4 is 99.4 Å². The van der Waals surface area contributed by atoms with Gasteiger partial charge in [-0.15, -0.1) is 0 Å². The molecule has 0 unspecified atom stereocenters. The summed E-state index contributed by atoms with van der Waals surface area (Å²) < 4.78 is 9.02. The normalized spacial score (nSPS) is 11.6. The minimum absolute atomic E-state index is 0.837. The molecule has 15 aromatic rings. The SMILES string of the molecule is c1ccc(-c2ccc(N(c3ccc(-c4ccccc4)cc3)c3cc(-c4ccc5cc6c(cc5c4)c4ccccc4n6-c4ccccc4)cc(N(c4ccc5ccccc5c4)c4ccc5c(c4)oc4ccccc45)c3)cc2)cc1. The molecule has 0 amide bonds. The van der Waals surface area contributed by atoms with Crippen molar-refractivity contribution in [2.45, 2.75) is 0 Å². The van der Waals surface area contributed by atoms with Crippen LogP contribution in [0.4, 0.5) is 34.1 Å². The summed E-state index contributed by atoms with van der Waals surface area (Å²) >= 11 is 0. The van der Waals surface area contributed by atoms with E-state index in [0.29, 0.717) is 0 Å². The second-order valence-corrected chi connectivity index (χ2v) is 20.2. The summed E-state index contributed by atoms with van der Waals surface area (Å²) in [5.74, 6) is 0. The Morgan fingerprint density at radius 2 is 0.731 bits per heavy atom. The van der Waals surface area contributed by atoms with E-state index in [1.807, 2.05) is 6.07 Å². The fourth-order valence-corrected chi connectivity index (χ4v) is 11.7. The second-order valence-electron chi connectivity index (χ2n) is 20.2. The Hall–Kier alpha value is -10.4. The molecule has 366 valence electrons. The maximum atomic E-state index is 6.63. The molecule has 0 aliphatic rings. The van der Waals surface area contributed by atoms with Crippen LogP contribution in [0.5, 0.6) is 0 Å². The molecule has 0 aliphatic carbocycles. The Morgan fingerprint density at radius 3 is 1.44 bits per heavy atom. The Balaban J connectivity index is 0.971. The summed E-state index contributed by atoms with van der Waals surface area (Å²) in [7, 11) is 0. The number of aromatic nitrogens is 1. The lowest BCUT2D eigenvalue weighted by Crippen LogP contribution is -2.13. The second kappa shape index (κ2) is 18.7. The van der Waals surface area contributed by atoms with E-state index in [0.717, 1.165) is 89.4 Å². The highest BCUT2D eigenvalue weighted by molar-refractivity contribution is 6.14. The number of fused-ring (bicyclic) bond motifs is 8. The summed E-state index contributed by atoms with van der Waals surface area (Å²) in [5, 5.41) is 9.34. The number of furan rings is 1. The van der Waals surface area contributed by atoms with Gasteiger partial charge in [0.05, 0.1) is 11.0 Å². The molecule has 2 aromatic heterocycles. The zero-order valence-corrected chi connectivity index (χ0v) is 42.5. The molecule has 0 saturated heterocycles. The maximum absolute atomic E-state index is 6.63. The first-order chi connectivity index (χ1) is 38.6. The predicted molar refractivity (Wildman–Crippen MR) is 329 cm³/mol. The molecule has 0 atom stereocenters. The monoisotopic (exact) mass is 995 g/mol. The molecule has 0 fully saturated rings. The first kappa shape index (κ1) is 45.0. The van der Waals surface area contributed by atoms with Gasteiger partial charge in [0.15, 0.2) is 0 Å². The van der Waals surface area contributed by atoms with Crippen molar-refractivity contribution in [1.29, 1.82) is 0 Å². The number of hydrogen-bond acceptors (Lipinski definition) is 3. The van der Waals surface area contributed by atoms with Crippen molar-refractivity contribution in [1.82, 2.24) is 4.57 Å². The number of hydrogen-bond donors (Lipinski definition) is 0. The Labute approximate surface area is 452 Å². The largest absolute Gasteiger partial charge is 0.456 e. The Kier molecular flexibility index (Phi) is 10.8. The highest BCUT2D eigenvalue weighted by atomic mass is 16.3. The Morgan fingerprint density at radius 1 is 0.231 bits per heavy atom. The van der Waals surface area contributed by atoms with Crippen LogP contribution in [0, 0.1) is 0 Å². The van der Waals surface area contributed by atoms with Crippen molar-refractivity contribution in [3.8, 4) is 39.1 Å². The highest BCUT2D eigenvalue weighted by Gasteiger charge is 2.22. The van der Waals surface area contributed by atoms with Crippen molar-refractivity contribution in [3.05, 3.63) is 297 Å². The average molecular weight is 996 g/mol.